The van der Waals surface area contributed by atoms with Crippen molar-refractivity contribution in [2.24, 2.45) is 16.7 Å². The second-order valence-corrected chi connectivity index (χ2v) is 6.47. The Morgan fingerprint density at radius 1 is 1.27 bits per heavy atom. The number of nitrogens with one attached hydrogen (secondary N) is 1. The van der Waals surface area contributed by atoms with Gasteiger partial charge >= 0.3 is 0 Å². The minimum Gasteiger partial charge on any atom is -0.353 e. The molecule has 1 aliphatic heterocycles. The molecule has 1 amide bonds. The quantitative estimate of drug-likeness (QED) is 0.653. The summed E-state index contributed by atoms with van der Waals surface area (Å²) in [6.07, 6.45) is 4.48. The minimum absolute atomic E-state index is 0.257. The molecule has 1 N–H and O–H groups in total. The molecule has 1 saturated carbocycles. The summed E-state index contributed by atoms with van der Waals surface area (Å²) in [5.41, 5.74) is 0.725. The van der Waals surface area contributed by atoms with E-state index < -0.39 is 0 Å². The Morgan fingerprint density at radius 3 is 2.40 bits per heavy atom. The SMILES string of the molecule is CC1CC(C)(C)CCC12CC(=O)NC2C. The van der Waals surface area contributed by atoms with E-state index in [9.17, 15) is 4.79 Å². The van der Waals surface area contributed by atoms with Crippen molar-refractivity contribution >= 4 is 5.91 Å². The van der Waals surface area contributed by atoms with Gasteiger partial charge in [-0.3, -0.25) is 4.79 Å². The molecule has 0 aromatic carbocycles. The summed E-state index contributed by atoms with van der Waals surface area (Å²) in [5.74, 6) is 0.921. The number of hydrogen-bond donors (Lipinski definition) is 1. The number of amides is 1. The van der Waals surface area contributed by atoms with Crippen LogP contribution in [0, 0.1) is 16.7 Å². The van der Waals surface area contributed by atoms with Gasteiger partial charge in [0.2, 0.25) is 5.91 Å². The molecule has 1 heterocycles. The van der Waals surface area contributed by atoms with E-state index in [4.69, 9.17) is 0 Å². The van der Waals surface area contributed by atoms with Gasteiger partial charge in [0.25, 0.3) is 0 Å². The van der Waals surface area contributed by atoms with E-state index in [2.05, 4.69) is 33.0 Å². The standard InChI is InChI=1S/C13H23NO/c1-9-7-12(3,4)5-6-13(9)8-11(15)14-10(13)2/h9-10H,5-8H2,1-4H3,(H,14,15). The van der Waals surface area contributed by atoms with Gasteiger partial charge in [0, 0.05) is 17.9 Å². The van der Waals surface area contributed by atoms with E-state index in [-0.39, 0.29) is 11.3 Å². The van der Waals surface area contributed by atoms with Gasteiger partial charge in [-0.25, -0.2) is 0 Å². The fraction of sp³-hybridized carbons (Fsp3) is 0.923. The molecular formula is C13H23NO. The molecule has 0 bridgehead atoms. The van der Waals surface area contributed by atoms with Crippen LogP contribution in [0.4, 0.5) is 0 Å². The Kier molecular flexibility index (Phi) is 2.36. The minimum atomic E-state index is 0.257. The Hall–Kier alpha value is -0.530. The van der Waals surface area contributed by atoms with Crippen LogP contribution in [0.5, 0.6) is 0 Å². The third-order valence-electron chi connectivity index (χ3n) is 4.84. The van der Waals surface area contributed by atoms with Crippen LogP contribution in [-0.2, 0) is 4.79 Å². The molecule has 2 aliphatic rings. The van der Waals surface area contributed by atoms with Gasteiger partial charge in [0.15, 0.2) is 0 Å². The molecule has 2 nitrogen and oxygen atoms in total. The number of rotatable bonds is 0. The first-order valence-corrected chi connectivity index (χ1v) is 6.15. The lowest BCUT2D eigenvalue weighted by Gasteiger charge is -2.48. The van der Waals surface area contributed by atoms with E-state index in [1.54, 1.807) is 0 Å². The van der Waals surface area contributed by atoms with Gasteiger partial charge < -0.3 is 5.32 Å². The molecule has 3 unspecified atom stereocenters. The molecule has 1 spiro atoms. The van der Waals surface area contributed by atoms with Crippen molar-refractivity contribution in [3.8, 4) is 0 Å². The smallest absolute Gasteiger partial charge is 0.220 e. The molecular weight excluding hydrogens is 186 g/mol. The summed E-state index contributed by atoms with van der Waals surface area (Å²) in [4.78, 5) is 11.5. The monoisotopic (exact) mass is 209 g/mol. The second-order valence-electron chi connectivity index (χ2n) is 6.47. The highest BCUT2D eigenvalue weighted by Gasteiger charge is 2.51. The summed E-state index contributed by atoms with van der Waals surface area (Å²) >= 11 is 0. The first-order chi connectivity index (χ1) is 6.86. The van der Waals surface area contributed by atoms with Crippen LogP contribution in [0.25, 0.3) is 0 Å². The highest BCUT2D eigenvalue weighted by atomic mass is 16.2. The zero-order valence-corrected chi connectivity index (χ0v) is 10.4. The highest BCUT2D eigenvalue weighted by molar-refractivity contribution is 5.80. The van der Waals surface area contributed by atoms with Gasteiger partial charge in [0.1, 0.15) is 0 Å². The van der Waals surface area contributed by atoms with Crippen LogP contribution in [0.2, 0.25) is 0 Å². The lowest BCUT2D eigenvalue weighted by molar-refractivity contribution is -0.120. The van der Waals surface area contributed by atoms with Crippen LogP contribution >= 0.6 is 0 Å². The molecule has 2 rings (SSSR count). The molecule has 2 heteroatoms. The van der Waals surface area contributed by atoms with Crippen molar-refractivity contribution in [1.29, 1.82) is 0 Å². The lowest BCUT2D eigenvalue weighted by Crippen LogP contribution is -2.44. The van der Waals surface area contributed by atoms with E-state index >= 15 is 0 Å². The van der Waals surface area contributed by atoms with Crippen LogP contribution in [0.15, 0.2) is 0 Å². The third kappa shape index (κ3) is 1.68. The Morgan fingerprint density at radius 2 is 1.93 bits per heavy atom. The zero-order chi connectivity index (χ0) is 11.3. The summed E-state index contributed by atoms with van der Waals surface area (Å²) < 4.78 is 0. The summed E-state index contributed by atoms with van der Waals surface area (Å²) in [6.45, 7) is 9.22. The van der Waals surface area contributed by atoms with E-state index in [1.807, 2.05) is 0 Å². The first kappa shape index (κ1) is 11.0. The number of carbonyl (C=O) groups excluding carboxylic acids is 1. The third-order valence-corrected chi connectivity index (χ3v) is 4.84. The number of hydrogen-bond acceptors (Lipinski definition) is 1. The van der Waals surface area contributed by atoms with Crippen LogP contribution < -0.4 is 5.32 Å². The first-order valence-electron chi connectivity index (χ1n) is 6.15. The average molecular weight is 209 g/mol. The van der Waals surface area contributed by atoms with Gasteiger partial charge in [-0.2, -0.15) is 0 Å². The van der Waals surface area contributed by atoms with Crippen LogP contribution in [0.3, 0.4) is 0 Å². The van der Waals surface area contributed by atoms with Crippen LogP contribution in [-0.4, -0.2) is 11.9 Å². The summed E-state index contributed by atoms with van der Waals surface area (Å²) in [6, 6.07) is 0.371. The maximum Gasteiger partial charge on any atom is 0.220 e. The van der Waals surface area contributed by atoms with Gasteiger partial charge in [-0.15, -0.1) is 0 Å². The zero-order valence-electron chi connectivity index (χ0n) is 10.4. The number of carbonyl (C=O) groups is 1. The molecule has 1 saturated heterocycles. The van der Waals surface area contributed by atoms with E-state index in [0.29, 0.717) is 17.4 Å². The lowest BCUT2D eigenvalue weighted by atomic mass is 9.57. The van der Waals surface area contributed by atoms with Gasteiger partial charge in [0.05, 0.1) is 0 Å². The molecule has 0 radical (unpaired) electrons. The average Bonchev–Trinajstić information content (AvgIpc) is 2.36. The molecule has 3 atom stereocenters. The molecule has 86 valence electrons. The molecule has 1 aliphatic carbocycles. The fourth-order valence-electron chi connectivity index (χ4n) is 3.75. The maximum absolute atomic E-state index is 11.5. The van der Waals surface area contributed by atoms with Crippen molar-refractivity contribution in [3.05, 3.63) is 0 Å². The van der Waals surface area contributed by atoms with Gasteiger partial charge in [-0.1, -0.05) is 20.8 Å². The molecule has 2 fully saturated rings. The van der Waals surface area contributed by atoms with Crippen molar-refractivity contribution in [3.63, 3.8) is 0 Å². The van der Waals surface area contributed by atoms with Crippen molar-refractivity contribution in [2.45, 2.75) is 59.4 Å². The fourth-order valence-corrected chi connectivity index (χ4v) is 3.75. The van der Waals surface area contributed by atoms with Crippen LogP contribution in [0.1, 0.15) is 53.4 Å². The predicted molar refractivity (Wildman–Crippen MR) is 61.5 cm³/mol. The Bertz CT molecular complexity index is 284. The van der Waals surface area contributed by atoms with Gasteiger partial charge in [-0.05, 0) is 37.5 Å². The molecule has 0 aromatic rings. The van der Waals surface area contributed by atoms with E-state index in [1.165, 1.54) is 19.3 Å². The summed E-state index contributed by atoms with van der Waals surface area (Å²) in [5, 5.41) is 3.10. The molecule has 15 heavy (non-hydrogen) atoms. The van der Waals surface area contributed by atoms with Crippen molar-refractivity contribution in [2.75, 3.05) is 0 Å². The largest absolute Gasteiger partial charge is 0.353 e. The topological polar surface area (TPSA) is 29.1 Å². The second kappa shape index (κ2) is 3.23. The molecule has 0 aromatic heterocycles. The maximum atomic E-state index is 11.5. The Balaban J connectivity index is 2.20. The highest BCUT2D eigenvalue weighted by Crippen LogP contribution is 2.54. The van der Waals surface area contributed by atoms with Crippen molar-refractivity contribution in [1.82, 2.24) is 5.32 Å². The Labute approximate surface area is 92.8 Å². The van der Waals surface area contributed by atoms with Crippen molar-refractivity contribution < 1.29 is 4.79 Å². The predicted octanol–water partition coefficient (Wildman–Crippen LogP) is 2.73. The van der Waals surface area contributed by atoms with E-state index in [0.717, 1.165) is 6.42 Å². The normalized spacial score (nSPS) is 44.4. The summed E-state index contributed by atoms with van der Waals surface area (Å²) in [7, 11) is 0.